The first-order chi connectivity index (χ1) is 15.0. The summed E-state index contributed by atoms with van der Waals surface area (Å²) in [4.78, 5) is 26.5. The minimum absolute atomic E-state index is 0.0258. The van der Waals surface area contributed by atoms with Crippen molar-refractivity contribution in [1.82, 2.24) is 14.8 Å². The molecule has 1 aliphatic rings. The summed E-state index contributed by atoms with van der Waals surface area (Å²) < 4.78 is 7.39. The molecule has 0 atom stereocenters. The van der Waals surface area contributed by atoms with Gasteiger partial charge in [-0.15, -0.1) is 0 Å². The van der Waals surface area contributed by atoms with Gasteiger partial charge in [0.1, 0.15) is 12.3 Å². The van der Waals surface area contributed by atoms with Gasteiger partial charge in [0.2, 0.25) is 11.8 Å². The molecule has 1 aromatic heterocycles. The fraction of sp³-hybridized carbons (Fsp3) is 0.238. The van der Waals surface area contributed by atoms with Crippen molar-refractivity contribution in [1.29, 1.82) is 0 Å². The number of aromatic nitrogens is 3. The molecule has 4 rings (SSSR count). The molecular weight excluding hydrogens is 438 g/mol. The molecule has 0 spiro atoms. The van der Waals surface area contributed by atoms with Crippen LogP contribution in [0.15, 0.2) is 42.5 Å². The average Bonchev–Trinajstić information content (AvgIpc) is 3.34. The SMILES string of the molecule is COc1cc(NC(=O)Cn2c(-c3ccc(Cl)cc3)n[nH]c2=S)ccc1N1CCCC1=O. The molecule has 3 aromatic rings. The lowest BCUT2D eigenvalue weighted by Gasteiger charge is -2.19. The number of benzene rings is 2. The van der Waals surface area contributed by atoms with E-state index in [0.29, 0.717) is 45.7 Å². The summed E-state index contributed by atoms with van der Waals surface area (Å²) in [5.74, 6) is 0.853. The van der Waals surface area contributed by atoms with Gasteiger partial charge < -0.3 is 15.0 Å². The summed E-state index contributed by atoms with van der Waals surface area (Å²) in [6.45, 7) is 0.634. The van der Waals surface area contributed by atoms with Crippen molar-refractivity contribution in [3.05, 3.63) is 52.3 Å². The smallest absolute Gasteiger partial charge is 0.244 e. The summed E-state index contributed by atoms with van der Waals surface area (Å²) in [7, 11) is 1.54. The van der Waals surface area contributed by atoms with Crippen LogP contribution in [0.4, 0.5) is 11.4 Å². The first kappa shape index (κ1) is 21.1. The van der Waals surface area contributed by atoms with E-state index in [9.17, 15) is 9.59 Å². The second-order valence-corrected chi connectivity index (χ2v) is 7.85. The fourth-order valence-electron chi connectivity index (χ4n) is 3.51. The van der Waals surface area contributed by atoms with Crippen LogP contribution in [0.2, 0.25) is 5.02 Å². The Morgan fingerprint density at radius 1 is 1.29 bits per heavy atom. The van der Waals surface area contributed by atoms with E-state index in [1.807, 2.05) is 12.1 Å². The third-order valence-corrected chi connectivity index (χ3v) is 5.55. The maximum absolute atomic E-state index is 12.7. The number of hydrogen-bond acceptors (Lipinski definition) is 5. The number of halogens is 1. The maximum Gasteiger partial charge on any atom is 0.244 e. The minimum atomic E-state index is -0.278. The average molecular weight is 458 g/mol. The number of ether oxygens (including phenoxy) is 1. The summed E-state index contributed by atoms with van der Waals surface area (Å²) in [6, 6.07) is 12.3. The molecule has 31 heavy (non-hydrogen) atoms. The van der Waals surface area contributed by atoms with Gasteiger partial charge in [-0.05, 0) is 55.0 Å². The third-order valence-electron chi connectivity index (χ3n) is 4.99. The number of H-pyrrole nitrogens is 1. The molecule has 1 fully saturated rings. The van der Waals surface area contributed by atoms with Crippen LogP contribution in [-0.4, -0.2) is 40.2 Å². The highest BCUT2D eigenvalue weighted by atomic mass is 35.5. The molecule has 2 heterocycles. The molecule has 1 aliphatic heterocycles. The Balaban J connectivity index is 1.52. The summed E-state index contributed by atoms with van der Waals surface area (Å²) in [5.41, 5.74) is 2.04. The first-order valence-corrected chi connectivity index (χ1v) is 10.4. The largest absolute Gasteiger partial charge is 0.494 e. The van der Waals surface area contributed by atoms with Crippen LogP contribution in [0.5, 0.6) is 5.75 Å². The van der Waals surface area contributed by atoms with Crippen LogP contribution in [0, 0.1) is 4.77 Å². The Hall–Kier alpha value is -3.17. The van der Waals surface area contributed by atoms with Gasteiger partial charge >= 0.3 is 0 Å². The molecule has 0 saturated carbocycles. The maximum atomic E-state index is 12.7. The molecular formula is C21H20ClN5O3S. The molecule has 0 bridgehead atoms. The molecule has 0 radical (unpaired) electrons. The summed E-state index contributed by atoms with van der Waals surface area (Å²) >= 11 is 11.2. The highest BCUT2D eigenvalue weighted by molar-refractivity contribution is 7.71. The molecule has 2 N–H and O–H groups in total. The van der Waals surface area contributed by atoms with Crippen LogP contribution in [0.1, 0.15) is 12.8 Å². The Morgan fingerprint density at radius 2 is 2.06 bits per heavy atom. The van der Waals surface area contributed by atoms with E-state index >= 15 is 0 Å². The molecule has 160 valence electrons. The van der Waals surface area contributed by atoms with Gasteiger partial charge in [-0.25, -0.2) is 0 Å². The van der Waals surface area contributed by atoms with Crippen molar-refractivity contribution >= 4 is 47.0 Å². The van der Waals surface area contributed by atoms with E-state index < -0.39 is 0 Å². The van der Waals surface area contributed by atoms with Crippen LogP contribution in [0.25, 0.3) is 11.4 Å². The van der Waals surface area contributed by atoms with E-state index in [0.717, 1.165) is 12.0 Å². The van der Waals surface area contributed by atoms with Crippen molar-refractivity contribution in [3.63, 3.8) is 0 Å². The van der Waals surface area contributed by atoms with E-state index in [1.54, 1.807) is 39.8 Å². The lowest BCUT2D eigenvalue weighted by molar-refractivity contribution is -0.117. The Bertz CT molecular complexity index is 1190. The first-order valence-electron chi connectivity index (χ1n) is 9.65. The van der Waals surface area contributed by atoms with Gasteiger partial charge in [0.05, 0.1) is 12.8 Å². The molecule has 0 unspecified atom stereocenters. The monoisotopic (exact) mass is 457 g/mol. The zero-order valence-corrected chi connectivity index (χ0v) is 18.3. The number of nitrogens with one attached hydrogen (secondary N) is 2. The molecule has 0 aliphatic carbocycles. The van der Waals surface area contributed by atoms with E-state index in [1.165, 1.54) is 7.11 Å². The number of amides is 2. The Kier molecular flexibility index (Phi) is 6.06. The van der Waals surface area contributed by atoms with Crippen LogP contribution >= 0.6 is 23.8 Å². The number of carbonyl (C=O) groups excluding carboxylic acids is 2. The summed E-state index contributed by atoms with van der Waals surface area (Å²) in [6.07, 6.45) is 1.35. The second-order valence-electron chi connectivity index (χ2n) is 7.03. The molecule has 2 aromatic carbocycles. The minimum Gasteiger partial charge on any atom is -0.494 e. The number of carbonyl (C=O) groups is 2. The topological polar surface area (TPSA) is 92.2 Å². The van der Waals surface area contributed by atoms with E-state index in [-0.39, 0.29) is 18.4 Å². The normalized spacial score (nSPS) is 13.5. The number of hydrogen-bond donors (Lipinski definition) is 2. The highest BCUT2D eigenvalue weighted by Crippen LogP contribution is 2.33. The zero-order valence-electron chi connectivity index (χ0n) is 16.7. The number of anilines is 2. The van der Waals surface area contributed by atoms with Crippen molar-refractivity contribution in [3.8, 4) is 17.1 Å². The number of methoxy groups -OCH3 is 1. The quantitative estimate of drug-likeness (QED) is 0.545. The van der Waals surface area contributed by atoms with Crippen molar-refractivity contribution in [2.75, 3.05) is 23.9 Å². The molecule has 1 saturated heterocycles. The summed E-state index contributed by atoms with van der Waals surface area (Å²) in [5, 5.41) is 10.4. The Labute approximate surface area is 188 Å². The van der Waals surface area contributed by atoms with Crippen LogP contribution < -0.4 is 15.0 Å². The standard InChI is InChI=1S/C21H20ClN5O3S/c1-30-17-11-15(8-9-16(17)26-10-2-3-19(26)29)23-18(28)12-27-20(24-25-21(27)31)13-4-6-14(22)7-5-13/h4-9,11H,2-3,10,12H2,1H3,(H,23,28)(H,25,31). The fourth-order valence-corrected chi connectivity index (χ4v) is 3.83. The lowest BCUT2D eigenvalue weighted by Crippen LogP contribution is -2.24. The predicted molar refractivity (Wildman–Crippen MR) is 121 cm³/mol. The van der Waals surface area contributed by atoms with Crippen molar-refractivity contribution in [2.45, 2.75) is 19.4 Å². The van der Waals surface area contributed by atoms with Gasteiger partial charge in [-0.2, -0.15) is 5.10 Å². The predicted octanol–water partition coefficient (Wildman–Crippen LogP) is 4.04. The molecule has 8 nitrogen and oxygen atoms in total. The van der Waals surface area contributed by atoms with Gasteiger partial charge in [0.15, 0.2) is 10.6 Å². The van der Waals surface area contributed by atoms with E-state index in [2.05, 4.69) is 15.5 Å². The van der Waals surface area contributed by atoms with Crippen molar-refractivity contribution in [2.24, 2.45) is 0 Å². The van der Waals surface area contributed by atoms with Gasteiger partial charge in [0, 0.05) is 35.3 Å². The van der Waals surface area contributed by atoms with Gasteiger partial charge in [-0.1, -0.05) is 11.6 Å². The zero-order chi connectivity index (χ0) is 22.0. The molecule has 2 amide bonds. The molecule has 10 heteroatoms. The number of aromatic amines is 1. The third kappa shape index (κ3) is 4.47. The number of rotatable bonds is 6. The lowest BCUT2D eigenvalue weighted by atomic mass is 10.2. The van der Waals surface area contributed by atoms with Crippen LogP contribution in [0.3, 0.4) is 0 Å². The van der Waals surface area contributed by atoms with Gasteiger partial charge in [0.25, 0.3) is 0 Å². The Morgan fingerprint density at radius 3 is 2.74 bits per heavy atom. The van der Waals surface area contributed by atoms with E-state index in [4.69, 9.17) is 28.6 Å². The highest BCUT2D eigenvalue weighted by Gasteiger charge is 2.24. The number of nitrogens with zero attached hydrogens (tertiary/aromatic N) is 3. The van der Waals surface area contributed by atoms with Crippen molar-refractivity contribution < 1.29 is 14.3 Å². The second kappa shape index (κ2) is 8.91. The van der Waals surface area contributed by atoms with Gasteiger partial charge in [-0.3, -0.25) is 19.3 Å². The van der Waals surface area contributed by atoms with Crippen LogP contribution in [-0.2, 0) is 16.1 Å².